The summed E-state index contributed by atoms with van der Waals surface area (Å²) in [6.07, 6.45) is -2.30. The maximum absolute atomic E-state index is 12.2. The van der Waals surface area contributed by atoms with E-state index in [2.05, 4.69) is 0 Å². The van der Waals surface area contributed by atoms with Crippen molar-refractivity contribution in [2.24, 2.45) is 0 Å². The van der Waals surface area contributed by atoms with E-state index in [0.29, 0.717) is 12.2 Å². The zero-order chi connectivity index (χ0) is 14.7. The molecule has 6 heteroatoms. The number of nitrogens with zero attached hydrogens (tertiary/aromatic N) is 1. The first kappa shape index (κ1) is 14.5. The maximum Gasteiger partial charge on any atom is 0.335 e. The molecule has 2 atom stereocenters. The van der Waals surface area contributed by atoms with Gasteiger partial charge in [0.15, 0.2) is 12.2 Å². The zero-order valence-corrected chi connectivity index (χ0v) is 11.2. The minimum Gasteiger partial charge on any atom is -0.479 e. The number of morpholine rings is 1. The van der Waals surface area contributed by atoms with Crippen molar-refractivity contribution in [3.8, 4) is 0 Å². The van der Waals surface area contributed by atoms with Gasteiger partial charge in [-0.15, -0.1) is 0 Å². The summed E-state index contributed by atoms with van der Waals surface area (Å²) in [6.45, 7) is 2.57. The Balaban J connectivity index is 2.19. The van der Waals surface area contributed by atoms with Crippen molar-refractivity contribution in [3.63, 3.8) is 0 Å². The van der Waals surface area contributed by atoms with E-state index in [0.717, 1.165) is 12.0 Å². The van der Waals surface area contributed by atoms with Crippen molar-refractivity contribution in [1.82, 2.24) is 0 Å². The van der Waals surface area contributed by atoms with Crippen LogP contribution < -0.4 is 4.90 Å². The molecule has 0 aliphatic carbocycles. The number of aliphatic carboxylic acids is 1. The number of carboxylic acids is 1. The molecule has 1 aliphatic heterocycles. The van der Waals surface area contributed by atoms with Crippen LogP contribution in [-0.2, 0) is 20.7 Å². The number of aliphatic hydroxyl groups is 1. The van der Waals surface area contributed by atoms with Crippen LogP contribution in [0.5, 0.6) is 0 Å². The molecule has 6 nitrogen and oxygen atoms in total. The Kier molecular flexibility index (Phi) is 4.36. The van der Waals surface area contributed by atoms with Crippen LogP contribution in [0.1, 0.15) is 12.5 Å². The second kappa shape index (κ2) is 6.02. The maximum atomic E-state index is 12.2. The van der Waals surface area contributed by atoms with Crippen molar-refractivity contribution >= 4 is 17.6 Å². The lowest BCUT2D eigenvalue weighted by molar-refractivity contribution is -0.163. The lowest BCUT2D eigenvalue weighted by Gasteiger charge is -2.33. The van der Waals surface area contributed by atoms with E-state index in [4.69, 9.17) is 9.84 Å². The van der Waals surface area contributed by atoms with Crippen molar-refractivity contribution in [3.05, 3.63) is 29.8 Å². The van der Waals surface area contributed by atoms with Crippen LogP contribution in [-0.4, -0.2) is 47.4 Å². The lowest BCUT2D eigenvalue weighted by Crippen LogP contribution is -2.54. The van der Waals surface area contributed by atoms with Crippen LogP contribution in [0.15, 0.2) is 24.3 Å². The Morgan fingerprint density at radius 2 is 2.10 bits per heavy atom. The van der Waals surface area contributed by atoms with Crippen molar-refractivity contribution < 1.29 is 24.5 Å². The van der Waals surface area contributed by atoms with Crippen LogP contribution >= 0.6 is 0 Å². The molecule has 1 aliphatic rings. The highest BCUT2D eigenvalue weighted by Crippen LogP contribution is 2.21. The summed E-state index contributed by atoms with van der Waals surface area (Å²) in [5, 5.41) is 18.3. The summed E-state index contributed by atoms with van der Waals surface area (Å²) in [5.74, 6) is -2.00. The van der Waals surface area contributed by atoms with Gasteiger partial charge in [0.2, 0.25) is 0 Å². The molecule has 1 aromatic carbocycles. The molecule has 1 amide bonds. The van der Waals surface area contributed by atoms with Crippen molar-refractivity contribution in [1.29, 1.82) is 0 Å². The van der Waals surface area contributed by atoms with Gasteiger partial charge in [-0.3, -0.25) is 4.79 Å². The van der Waals surface area contributed by atoms with Crippen LogP contribution in [0.4, 0.5) is 5.69 Å². The summed E-state index contributed by atoms with van der Waals surface area (Å²) in [6, 6.07) is 7.46. The smallest absolute Gasteiger partial charge is 0.335 e. The fourth-order valence-corrected chi connectivity index (χ4v) is 2.13. The van der Waals surface area contributed by atoms with Gasteiger partial charge in [-0.1, -0.05) is 19.1 Å². The average molecular weight is 279 g/mol. The van der Waals surface area contributed by atoms with Crippen LogP contribution in [0, 0.1) is 0 Å². The molecular weight excluding hydrogens is 262 g/mol. The number of hydrogen-bond donors (Lipinski definition) is 2. The zero-order valence-electron chi connectivity index (χ0n) is 11.2. The third kappa shape index (κ3) is 2.81. The van der Waals surface area contributed by atoms with Gasteiger partial charge in [0.25, 0.3) is 5.91 Å². The molecule has 0 spiro atoms. The number of carboxylic acid groups (broad SMARTS) is 1. The molecule has 2 rings (SSSR count). The van der Waals surface area contributed by atoms with Gasteiger partial charge >= 0.3 is 5.97 Å². The van der Waals surface area contributed by atoms with Gasteiger partial charge in [-0.25, -0.2) is 4.79 Å². The Morgan fingerprint density at radius 3 is 2.65 bits per heavy atom. The first-order chi connectivity index (χ1) is 9.54. The van der Waals surface area contributed by atoms with Crippen LogP contribution in [0.25, 0.3) is 0 Å². The van der Waals surface area contributed by atoms with Gasteiger partial charge in [0.1, 0.15) is 0 Å². The topological polar surface area (TPSA) is 87.1 Å². The minimum absolute atomic E-state index is 0.191. The number of anilines is 1. The number of hydrogen-bond acceptors (Lipinski definition) is 4. The van der Waals surface area contributed by atoms with E-state index in [1.807, 2.05) is 31.2 Å². The predicted molar refractivity (Wildman–Crippen MR) is 71.6 cm³/mol. The molecule has 0 saturated carbocycles. The van der Waals surface area contributed by atoms with E-state index in [1.165, 1.54) is 4.90 Å². The summed E-state index contributed by atoms with van der Waals surface area (Å²) < 4.78 is 5.09. The average Bonchev–Trinajstić information content (AvgIpc) is 2.47. The van der Waals surface area contributed by atoms with Crippen LogP contribution in [0.3, 0.4) is 0 Å². The molecule has 1 fully saturated rings. The lowest BCUT2D eigenvalue weighted by atomic mass is 10.1. The molecule has 2 unspecified atom stereocenters. The summed E-state index contributed by atoms with van der Waals surface area (Å²) in [4.78, 5) is 24.4. The van der Waals surface area contributed by atoms with Crippen molar-refractivity contribution in [2.45, 2.75) is 25.6 Å². The number of amides is 1. The number of aliphatic hydroxyl groups excluding tert-OH is 1. The highest BCUT2D eigenvalue weighted by atomic mass is 16.5. The van der Waals surface area contributed by atoms with Crippen LogP contribution in [0.2, 0.25) is 0 Å². The molecule has 0 aromatic heterocycles. The Labute approximate surface area is 116 Å². The minimum atomic E-state index is -1.85. The van der Waals surface area contributed by atoms with E-state index in [9.17, 15) is 14.7 Å². The first-order valence-electron chi connectivity index (χ1n) is 6.47. The van der Waals surface area contributed by atoms with Gasteiger partial charge in [0.05, 0.1) is 6.61 Å². The SMILES string of the molecule is CCc1ccc(N2CCOC(C(O)C(=O)O)C2=O)cc1. The highest BCUT2D eigenvalue weighted by molar-refractivity contribution is 6.00. The number of carbonyl (C=O) groups excluding carboxylic acids is 1. The molecular formula is C14H17NO5. The molecule has 1 aromatic rings. The molecule has 1 saturated heterocycles. The van der Waals surface area contributed by atoms with Gasteiger partial charge in [0, 0.05) is 12.2 Å². The molecule has 0 bridgehead atoms. The molecule has 2 N–H and O–H groups in total. The molecule has 0 radical (unpaired) electrons. The van der Waals surface area contributed by atoms with Gasteiger partial charge in [-0.2, -0.15) is 0 Å². The predicted octanol–water partition coefficient (Wildman–Crippen LogP) is 0.426. The quantitative estimate of drug-likeness (QED) is 0.834. The number of carbonyl (C=O) groups is 2. The first-order valence-corrected chi connectivity index (χ1v) is 6.47. The third-order valence-electron chi connectivity index (χ3n) is 3.32. The standard InChI is InChI=1S/C14H17NO5/c1-2-9-3-5-10(6-4-9)15-7-8-20-12(13(15)17)11(16)14(18)19/h3-6,11-12,16H,2,7-8H2,1H3,(H,18,19). The molecule has 108 valence electrons. The monoisotopic (exact) mass is 279 g/mol. The Morgan fingerprint density at radius 1 is 1.45 bits per heavy atom. The van der Waals surface area contributed by atoms with Crippen molar-refractivity contribution in [2.75, 3.05) is 18.1 Å². The Bertz CT molecular complexity index is 499. The highest BCUT2D eigenvalue weighted by Gasteiger charge is 2.39. The fourth-order valence-electron chi connectivity index (χ4n) is 2.13. The third-order valence-corrected chi connectivity index (χ3v) is 3.32. The van der Waals surface area contributed by atoms with Gasteiger partial charge in [-0.05, 0) is 24.1 Å². The van der Waals surface area contributed by atoms with E-state index in [1.54, 1.807) is 0 Å². The second-order valence-electron chi connectivity index (χ2n) is 4.58. The Hall–Kier alpha value is -1.92. The largest absolute Gasteiger partial charge is 0.479 e. The number of rotatable bonds is 4. The number of aryl methyl sites for hydroxylation is 1. The van der Waals surface area contributed by atoms with E-state index >= 15 is 0 Å². The molecule has 20 heavy (non-hydrogen) atoms. The summed E-state index contributed by atoms with van der Waals surface area (Å²) >= 11 is 0. The van der Waals surface area contributed by atoms with E-state index < -0.39 is 24.1 Å². The van der Waals surface area contributed by atoms with Gasteiger partial charge < -0.3 is 19.8 Å². The second-order valence-corrected chi connectivity index (χ2v) is 4.58. The molecule has 1 heterocycles. The fraction of sp³-hybridized carbons (Fsp3) is 0.429. The summed E-state index contributed by atoms with van der Waals surface area (Å²) in [7, 11) is 0. The number of ether oxygens (including phenoxy) is 1. The van der Waals surface area contributed by atoms with E-state index in [-0.39, 0.29) is 6.61 Å². The number of benzene rings is 1. The normalized spacial score (nSPS) is 20.8. The summed E-state index contributed by atoms with van der Waals surface area (Å²) in [5.41, 5.74) is 1.83.